The molecule has 4 aliphatic rings. The molecule has 2 aromatic carbocycles. The van der Waals surface area contributed by atoms with Gasteiger partial charge in [-0.2, -0.15) is 0 Å². The monoisotopic (exact) mass is 692 g/mol. The van der Waals surface area contributed by atoms with Crippen molar-refractivity contribution in [2.24, 2.45) is 16.7 Å². The number of carbonyl (C=O) groups is 4. The van der Waals surface area contributed by atoms with E-state index >= 15 is 4.79 Å². The first-order chi connectivity index (χ1) is 23.6. The predicted molar refractivity (Wildman–Crippen MR) is 175 cm³/mol. The van der Waals surface area contributed by atoms with Crippen molar-refractivity contribution in [2.75, 3.05) is 6.61 Å². The molecule has 12 heteroatoms. The van der Waals surface area contributed by atoms with Crippen molar-refractivity contribution in [2.45, 2.75) is 103 Å². The van der Waals surface area contributed by atoms with Crippen LogP contribution in [0.4, 0.5) is 9.59 Å². The summed E-state index contributed by atoms with van der Waals surface area (Å²) in [6, 6.07) is 17.9. The van der Waals surface area contributed by atoms with E-state index in [-0.39, 0.29) is 39.1 Å². The first-order valence-corrected chi connectivity index (χ1v) is 16.9. The molecular formula is C38H44O12. The Morgan fingerprint density at radius 2 is 1.46 bits per heavy atom. The lowest BCUT2D eigenvalue weighted by Gasteiger charge is -2.67. The summed E-state index contributed by atoms with van der Waals surface area (Å²) in [4.78, 5) is 54.7. The largest absolute Gasteiger partial charge is 0.509 e. The van der Waals surface area contributed by atoms with Crippen molar-refractivity contribution in [3.63, 3.8) is 0 Å². The molecular weight excluding hydrogens is 648 g/mol. The molecule has 2 saturated carbocycles. The Kier molecular flexibility index (Phi) is 9.34. The summed E-state index contributed by atoms with van der Waals surface area (Å²) in [5, 5.41) is 25.1. The van der Waals surface area contributed by atoms with Crippen LogP contribution in [0.15, 0.2) is 71.8 Å². The maximum absolute atomic E-state index is 15.3. The fraction of sp³-hybridized carbons (Fsp3) is 0.526. The Balaban J connectivity index is 1.44. The Morgan fingerprint density at radius 3 is 1.98 bits per heavy atom. The molecule has 2 aromatic rings. The lowest BCUT2D eigenvalue weighted by Crippen LogP contribution is -2.81. The highest BCUT2D eigenvalue weighted by Crippen LogP contribution is 2.64. The van der Waals surface area contributed by atoms with Gasteiger partial charge in [-0.1, -0.05) is 80.1 Å². The van der Waals surface area contributed by atoms with E-state index < -0.39 is 76.4 Å². The molecule has 6 rings (SSSR count). The van der Waals surface area contributed by atoms with Gasteiger partial charge in [0.2, 0.25) is 0 Å². The third-order valence-corrected chi connectivity index (χ3v) is 11.4. The highest BCUT2D eigenvalue weighted by Gasteiger charge is 2.77. The third kappa shape index (κ3) is 5.76. The van der Waals surface area contributed by atoms with Gasteiger partial charge in [-0.3, -0.25) is 9.59 Å². The van der Waals surface area contributed by atoms with Crippen LogP contribution >= 0.6 is 0 Å². The lowest BCUT2D eigenvalue weighted by molar-refractivity contribution is -0.345. The van der Waals surface area contributed by atoms with E-state index in [9.17, 15) is 24.6 Å². The van der Waals surface area contributed by atoms with Crippen LogP contribution in [0.2, 0.25) is 0 Å². The molecule has 3 fully saturated rings. The van der Waals surface area contributed by atoms with Crippen molar-refractivity contribution in [1.82, 2.24) is 0 Å². The number of esters is 1. The van der Waals surface area contributed by atoms with Gasteiger partial charge in [0.15, 0.2) is 17.5 Å². The van der Waals surface area contributed by atoms with Gasteiger partial charge in [-0.25, -0.2) is 9.59 Å². The average molecular weight is 693 g/mol. The summed E-state index contributed by atoms with van der Waals surface area (Å²) in [7, 11) is 0. The number of ether oxygens (including phenoxy) is 6. The normalized spacial score (nSPS) is 34.1. The highest BCUT2D eigenvalue weighted by atomic mass is 16.7. The van der Waals surface area contributed by atoms with Crippen molar-refractivity contribution in [3.05, 3.63) is 82.9 Å². The van der Waals surface area contributed by atoms with Gasteiger partial charge >= 0.3 is 18.3 Å². The summed E-state index contributed by atoms with van der Waals surface area (Å²) < 4.78 is 34.6. The number of aliphatic hydroxyl groups excluding tert-OH is 1. The number of hydrogen-bond acceptors (Lipinski definition) is 12. The topological polar surface area (TPSA) is 164 Å². The van der Waals surface area contributed by atoms with Gasteiger partial charge in [0.05, 0.1) is 18.1 Å². The fourth-order valence-electron chi connectivity index (χ4n) is 8.75. The number of ketones is 1. The summed E-state index contributed by atoms with van der Waals surface area (Å²) in [5.41, 5.74) is -4.36. The van der Waals surface area contributed by atoms with Gasteiger partial charge in [0.25, 0.3) is 0 Å². The Hall–Kier alpha value is -4.26. The number of rotatable bonds is 7. The van der Waals surface area contributed by atoms with Crippen LogP contribution in [0.25, 0.3) is 0 Å². The molecule has 268 valence electrons. The van der Waals surface area contributed by atoms with Crippen molar-refractivity contribution < 1.29 is 57.8 Å². The second-order valence-electron chi connectivity index (χ2n) is 14.5. The molecule has 50 heavy (non-hydrogen) atoms. The van der Waals surface area contributed by atoms with Gasteiger partial charge in [0.1, 0.15) is 31.0 Å². The second kappa shape index (κ2) is 13.1. The van der Waals surface area contributed by atoms with Gasteiger partial charge in [0, 0.05) is 24.7 Å². The molecule has 0 aromatic heterocycles. The van der Waals surface area contributed by atoms with E-state index in [0.29, 0.717) is 22.3 Å². The van der Waals surface area contributed by atoms with E-state index in [0.717, 1.165) is 0 Å². The zero-order chi connectivity index (χ0) is 36.1. The molecule has 1 heterocycles. The number of carbonyl (C=O) groups excluding carboxylic acids is 4. The molecule has 1 saturated heterocycles. The van der Waals surface area contributed by atoms with Gasteiger partial charge in [-0.15, -0.1) is 0 Å². The van der Waals surface area contributed by atoms with Crippen LogP contribution in [0.3, 0.4) is 0 Å². The zero-order valence-corrected chi connectivity index (χ0v) is 28.9. The minimum absolute atomic E-state index is 0.0781. The standard InChI is InChI=1S/C38H44O12/c1-22-16-17-38(44)32(41)30-36(5,31(40)29(28(22)35(38,3)4)49-34(43)46-20-25-14-10-7-11-15-25)26(18-27-37(30,21-47-27)50-23(2)39)48-33(42)45-19-24-12-8-6-9-13-24/h6-15,26-27,29-30,32,41,44H,16-21H2,1-5H3/t26-,27?,29+,30?,32-,36+,37-,38+/m0/s1. The number of benzene rings is 2. The molecule has 12 nitrogen and oxygen atoms in total. The van der Waals surface area contributed by atoms with E-state index in [4.69, 9.17) is 28.4 Å². The highest BCUT2D eigenvalue weighted by molar-refractivity contribution is 5.95. The molecule has 8 atom stereocenters. The van der Waals surface area contributed by atoms with Gasteiger partial charge in [-0.05, 0) is 43.4 Å². The molecule has 2 N–H and O–H groups in total. The number of Topliss-reactive ketones (excluding diaryl/α,β-unsaturated/α-hetero) is 1. The Labute approximate surface area is 290 Å². The first kappa shape index (κ1) is 35.6. The maximum Gasteiger partial charge on any atom is 0.509 e. The number of fused-ring (bicyclic) bond motifs is 5. The average Bonchev–Trinajstić information content (AvgIpc) is 3.08. The minimum Gasteiger partial charge on any atom is -0.454 e. The Morgan fingerprint density at radius 1 is 0.900 bits per heavy atom. The maximum atomic E-state index is 15.3. The van der Waals surface area contributed by atoms with E-state index in [1.54, 1.807) is 69.3 Å². The van der Waals surface area contributed by atoms with Crippen LogP contribution in [0.5, 0.6) is 0 Å². The van der Waals surface area contributed by atoms with Crippen LogP contribution in [0.1, 0.15) is 65.0 Å². The summed E-state index contributed by atoms with van der Waals surface area (Å²) in [6.07, 6.45) is -7.54. The van der Waals surface area contributed by atoms with E-state index in [1.165, 1.54) is 13.8 Å². The predicted octanol–water partition coefficient (Wildman–Crippen LogP) is 4.97. The first-order valence-electron chi connectivity index (χ1n) is 16.9. The number of allylic oxidation sites excluding steroid dienone is 1. The molecule has 3 aliphatic carbocycles. The molecule has 2 unspecified atom stereocenters. The zero-order valence-electron chi connectivity index (χ0n) is 28.9. The van der Waals surface area contributed by atoms with Crippen LogP contribution in [-0.4, -0.2) is 76.5 Å². The van der Waals surface area contributed by atoms with Gasteiger partial charge < -0.3 is 38.6 Å². The quantitative estimate of drug-likeness (QED) is 0.228. The molecule has 0 amide bonds. The summed E-state index contributed by atoms with van der Waals surface area (Å²) in [6.45, 7) is 7.42. The van der Waals surface area contributed by atoms with Crippen LogP contribution in [-0.2, 0) is 51.2 Å². The third-order valence-electron chi connectivity index (χ3n) is 11.4. The molecule has 1 aliphatic heterocycles. The SMILES string of the molecule is CC(=O)O[C@@]12COC1C[C@H](OC(=O)OCc1ccccc1)[C@@]1(C)C(=O)[C@H](OC(=O)OCc3ccccc3)C3=C(C)CC[C@@](O)([C@@H](O)C21)C3(C)C. The molecule has 2 bridgehead atoms. The lowest BCUT2D eigenvalue weighted by atomic mass is 9.45. The van der Waals surface area contributed by atoms with Crippen molar-refractivity contribution in [3.8, 4) is 0 Å². The van der Waals surface area contributed by atoms with Crippen molar-refractivity contribution >= 4 is 24.1 Å². The molecule has 0 spiro atoms. The Bertz CT molecular complexity index is 1670. The van der Waals surface area contributed by atoms with E-state index in [2.05, 4.69) is 0 Å². The smallest absolute Gasteiger partial charge is 0.454 e. The van der Waals surface area contributed by atoms with Crippen LogP contribution in [0, 0.1) is 16.7 Å². The number of aliphatic hydroxyl groups is 2. The second-order valence-corrected chi connectivity index (χ2v) is 14.5. The number of hydrogen-bond donors (Lipinski definition) is 2. The minimum atomic E-state index is -1.92. The van der Waals surface area contributed by atoms with E-state index in [1.807, 2.05) is 12.1 Å². The summed E-state index contributed by atoms with van der Waals surface area (Å²) in [5.74, 6) is -2.78. The van der Waals surface area contributed by atoms with Crippen molar-refractivity contribution in [1.29, 1.82) is 0 Å². The fourth-order valence-corrected chi connectivity index (χ4v) is 8.75. The van der Waals surface area contributed by atoms with Crippen LogP contribution < -0.4 is 0 Å². The summed E-state index contributed by atoms with van der Waals surface area (Å²) >= 11 is 0. The molecule has 0 radical (unpaired) electrons.